The highest BCUT2D eigenvalue weighted by molar-refractivity contribution is 5.29. The minimum absolute atomic E-state index is 0.678. The first kappa shape index (κ1) is 15.4. The van der Waals surface area contributed by atoms with E-state index in [-0.39, 0.29) is 0 Å². The van der Waals surface area contributed by atoms with E-state index in [0.29, 0.717) is 6.61 Å². The summed E-state index contributed by atoms with van der Waals surface area (Å²) in [5.74, 6) is 1.81. The molecule has 3 nitrogen and oxygen atoms in total. The van der Waals surface area contributed by atoms with Crippen LogP contribution in [0.5, 0.6) is 11.5 Å². The van der Waals surface area contributed by atoms with Crippen molar-refractivity contribution in [1.29, 1.82) is 0 Å². The van der Waals surface area contributed by atoms with Crippen LogP contribution in [0.1, 0.15) is 18.1 Å². The Morgan fingerprint density at radius 2 is 1.76 bits per heavy atom. The Morgan fingerprint density at radius 1 is 0.952 bits per heavy atom. The van der Waals surface area contributed by atoms with Crippen molar-refractivity contribution in [2.75, 3.05) is 20.3 Å². The van der Waals surface area contributed by atoms with E-state index >= 15 is 0 Å². The van der Waals surface area contributed by atoms with Gasteiger partial charge in [0.2, 0.25) is 0 Å². The highest BCUT2D eigenvalue weighted by atomic mass is 16.5. The average Bonchev–Trinajstić information content (AvgIpc) is 2.54. The number of rotatable bonds is 8. The maximum absolute atomic E-state index is 5.83. The molecule has 0 saturated heterocycles. The Labute approximate surface area is 126 Å². The maximum atomic E-state index is 5.83. The van der Waals surface area contributed by atoms with Crippen LogP contribution in [-0.4, -0.2) is 20.3 Å². The number of nitrogens with one attached hydrogen (secondary N) is 1. The summed E-state index contributed by atoms with van der Waals surface area (Å²) in [6.45, 7) is 4.64. The van der Waals surface area contributed by atoms with Gasteiger partial charge in [-0.1, -0.05) is 31.2 Å². The average molecular weight is 285 g/mol. The summed E-state index contributed by atoms with van der Waals surface area (Å²) in [5, 5.41) is 3.32. The van der Waals surface area contributed by atoms with E-state index < -0.39 is 0 Å². The molecule has 0 aromatic heterocycles. The molecule has 0 saturated carbocycles. The van der Waals surface area contributed by atoms with Gasteiger partial charge >= 0.3 is 0 Å². The Kier molecular flexibility index (Phi) is 6.10. The summed E-state index contributed by atoms with van der Waals surface area (Å²) in [6.07, 6.45) is 0.890. The molecule has 0 radical (unpaired) electrons. The molecule has 2 rings (SSSR count). The second-order valence-corrected chi connectivity index (χ2v) is 4.87. The minimum atomic E-state index is 0.678. The van der Waals surface area contributed by atoms with Gasteiger partial charge in [0, 0.05) is 13.0 Å². The first-order valence-corrected chi connectivity index (χ1v) is 7.37. The normalized spacial score (nSPS) is 10.4. The van der Waals surface area contributed by atoms with E-state index in [4.69, 9.17) is 9.47 Å². The monoisotopic (exact) mass is 285 g/mol. The quantitative estimate of drug-likeness (QED) is 0.806. The molecule has 0 fully saturated rings. The summed E-state index contributed by atoms with van der Waals surface area (Å²) >= 11 is 0. The van der Waals surface area contributed by atoms with Gasteiger partial charge in [-0.2, -0.15) is 0 Å². The van der Waals surface area contributed by atoms with Crippen molar-refractivity contribution >= 4 is 0 Å². The number of methoxy groups -OCH3 is 1. The van der Waals surface area contributed by atoms with Gasteiger partial charge in [-0.3, -0.25) is 0 Å². The standard InChI is InChI=1S/C18H23NO2/c1-3-19-14-16-5-4-6-18(13-16)21-12-11-15-7-9-17(20-2)10-8-15/h4-10,13,19H,3,11-12,14H2,1-2H3. The SMILES string of the molecule is CCNCc1cccc(OCCc2ccc(OC)cc2)c1. The molecule has 0 aliphatic carbocycles. The number of benzene rings is 2. The summed E-state index contributed by atoms with van der Waals surface area (Å²) in [4.78, 5) is 0. The summed E-state index contributed by atoms with van der Waals surface area (Å²) < 4.78 is 11.0. The molecule has 0 atom stereocenters. The molecule has 0 bridgehead atoms. The number of ether oxygens (including phenoxy) is 2. The van der Waals surface area contributed by atoms with Crippen molar-refractivity contribution in [3.05, 3.63) is 59.7 Å². The predicted octanol–water partition coefficient (Wildman–Crippen LogP) is 3.43. The van der Waals surface area contributed by atoms with Crippen molar-refractivity contribution in [2.24, 2.45) is 0 Å². The van der Waals surface area contributed by atoms with Crippen LogP contribution in [0.2, 0.25) is 0 Å². The van der Waals surface area contributed by atoms with E-state index in [9.17, 15) is 0 Å². The van der Waals surface area contributed by atoms with Gasteiger partial charge in [0.05, 0.1) is 13.7 Å². The van der Waals surface area contributed by atoms with Crippen molar-refractivity contribution in [3.8, 4) is 11.5 Å². The highest BCUT2D eigenvalue weighted by Gasteiger charge is 1.99. The fraction of sp³-hybridized carbons (Fsp3) is 0.333. The van der Waals surface area contributed by atoms with Crippen LogP contribution in [0, 0.1) is 0 Å². The van der Waals surface area contributed by atoms with Gasteiger partial charge in [0.1, 0.15) is 11.5 Å². The number of hydrogen-bond donors (Lipinski definition) is 1. The largest absolute Gasteiger partial charge is 0.497 e. The van der Waals surface area contributed by atoms with Gasteiger partial charge in [-0.05, 0) is 41.9 Å². The van der Waals surface area contributed by atoms with Crippen LogP contribution < -0.4 is 14.8 Å². The summed E-state index contributed by atoms with van der Waals surface area (Å²) in [6, 6.07) is 16.3. The van der Waals surface area contributed by atoms with Gasteiger partial charge in [0.25, 0.3) is 0 Å². The molecule has 21 heavy (non-hydrogen) atoms. The van der Waals surface area contributed by atoms with Gasteiger partial charge in [0.15, 0.2) is 0 Å². The van der Waals surface area contributed by atoms with E-state index in [1.54, 1.807) is 7.11 Å². The molecule has 1 N–H and O–H groups in total. The number of hydrogen-bond acceptors (Lipinski definition) is 3. The lowest BCUT2D eigenvalue weighted by Gasteiger charge is -2.09. The Bertz CT molecular complexity index is 537. The van der Waals surface area contributed by atoms with Crippen LogP contribution in [0.25, 0.3) is 0 Å². The van der Waals surface area contributed by atoms with Crippen molar-refractivity contribution in [3.63, 3.8) is 0 Å². The summed E-state index contributed by atoms with van der Waals surface area (Å²) in [7, 11) is 1.68. The third kappa shape index (κ3) is 5.12. The first-order chi connectivity index (χ1) is 10.3. The molecular formula is C18H23NO2. The zero-order valence-electron chi connectivity index (χ0n) is 12.8. The molecule has 2 aromatic carbocycles. The minimum Gasteiger partial charge on any atom is -0.497 e. The molecule has 0 aliphatic rings. The van der Waals surface area contributed by atoms with Crippen molar-refractivity contribution in [2.45, 2.75) is 19.9 Å². The zero-order chi connectivity index (χ0) is 14.9. The lowest BCUT2D eigenvalue weighted by Crippen LogP contribution is -2.11. The van der Waals surface area contributed by atoms with Gasteiger partial charge in [-0.25, -0.2) is 0 Å². The van der Waals surface area contributed by atoms with Gasteiger partial charge < -0.3 is 14.8 Å². The Balaban J connectivity index is 1.82. The molecule has 2 aromatic rings. The third-order valence-corrected chi connectivity index (χ3v) is 3.30. The lowest BCUT2D eigenvalue weighted by atomic mass is 10.1. The molecule has 0 heterocycles. The maximum Gasteiger partial charge on any atom is 0.119 e. The lowest BCUT2D eigenvalue weighted by molar-refractivity contribution is 0.321. The second kappa shape index (κ2) is 8.32. The van der Waals surface area contributed by atoms with Crippen LogP contribution >= 0.6 is 0 Å². The van der Waals surface area contributed by atoms with Gasteiger partial charge in [-0.15, -0.1) is 0 Å². The molecular weight excluding hydrogens is 262 g/mol. The van der Waals surface area contributed by atoms with Crippen LogP contribution in [0.15, 0.2) is 48.5 Å². The molecule has 3 heteroatoms. The van der Waals surface area contributed by atoms with Crippen LogP contribution in [0.3, 0.4) is 0 Å². The fourth-order valence-corrected chi connectivity index (χ4v) is 2.09. The topological polar surface area (TPSA) is 30.5 Å². The van der Waals surface area contributed by atoms with E-state index in [2.05, 4.69) is 36.5 Å². The zero-order valence-corrected chi connectivity index (χ0v) is 12.8. The smallest absolute Gasteiger partial charge is 0.119 e. The molecule has 0 amide bonds. The Morgan fingerprint density at radius 3 is 2.48 bits per heavy atom. The Hall–Kier alpha value is -2.00. The van der Waals surface area contributed by atoms with E-state index in [1.165, 1.54) is 11.1 Å². The van der Waals surface area contributed by atoms with Crippen molar-refractivity contribution in [1.82, 2.24) is 5.32 Å². The molecule has 112 valence electrons. The second-order valence-electron chi connectivity index (χ2n) is 4.87. The molecule has 0 aliphatic heterocycles. The summed E-state index contributed by atoms with van der Waals surface area (Å²) in [5.41, 5.74) is 2.50. The molecule has 0 spiro atoms. The third-order valence-electron chi connectivity index (χ3n) is 3.30. The van der Waals surface area contributed by atoms with Crippen LogP contribution in [0.4, 0.5) is 0 Å². The van der Waals surface area contributed by atoms with Crippen LogP contribution in [-0.2, 0) is 13.0 Å². The van der Waals surface area contributed by atoms with Crippen molar-refractivity contribution < 1.29 is 9.47 Å². The predicted molar refractivity (Wildman–Crippen MR) is 86.0 cm³/mol. The highest BCUT2D eigenvalue weighted by Crippen LogP contribution is 2.15. The molecule has 0 unspecified atom stereocenters. The van der Waals surface area contributed by atoms with E-state index in [1.807, 2.05) is 24.3 Å². The first-order valence-electron chi connectivity index (χ1n) is 7.37. The van der Waals surface area contributed by atoms with E-state index in [0.717, 1.165) is 31.0 Å². The fourth-order valence-electron chi connectivity index (χ4n) is 2.09.